The summed E-state index contributed by atoms with van der Waals surface area (Å²) in [7, 11) is 1.77. The number of hydrogen-bond acceptors (Lipinski definition) is 1. The van der Waals surface area contributed by atoms with Crippen LogP contribution in [-0.2, 0) is 6.54 Å². The molecule has 1 aliphatic carbocycles. The van der Waals surface area contributed by atoms with Gasteiger partial charge in [0.1, 0.15) is 38.5 Å². The zero-order valence-corrected chi connectivity index (χ0v) is 15.7. The Morgan fingerprint density at radius 2 is 1.91 bits per heavy atom. The molecular formula is C19H29BrN2O+2. The highest BCUT2D eigenvalue weighted by molar-refractivity contribution is 9.10. The molecule has 0 bridgehead atoms. The Balaban J connectivity index is 1.49. The minimum Gasteiger partial charge on any atom is -0.496 e. The van der Waals surface area contributed by atoms with Crippen molar-refractivity contribution in [3.63, 3.8) is 0 Å². The molecule has 2 N–H and O–H groups in total. The molecule has 1 heterocycles. The van der Waals surface area contributed by atoms with Crippen LogP contribution < -0.4 is 14.5 Å². The number of ether oxygens (including phenoxy) is 1. The molecule has 1 aliphatic heterocycles. The summed E-state index contributed by atoms with van der Waals surface area (Å²) in [5.41, 5.74) is 1.32. The van der Waals surface area contributed by atoms with Crippen LogP contribution in [0.5, 0.6) is 5.75 Å². The van der Waals surface area contributed by atoms with E-state index in [4.69, 9.17) is 4.74 Å². The lowest BCUT2D eigenvalue weighted by Crippen LogP contribution is -3.27. The van der Waals surface area contributed by atoms with Gasteiger partial charge in [0.25, 0.3) is 0 Å². The summed E-state index contributed by atoms with van der Waals surface area (Å²) in [6, 6.07) is 6.33. The molecule has 1 fully saturated rings. The lowest BCUT2D eigenvalue weighted by atomic mass is 9.94. The van der Waals surface area contributed by atoms with E-state index in [1.165, 1.54) is 57.5 Å². The van der Waals surface area contributed by atoms with Crippen molar-refractivity contribution in [2.75, 3.05) is 39.8 Å². The normalized spacial score (nSPS) is 27.8. The van der Waals surface area contributed by atoms with E-state index in [1.807, 2.05) is 4.90 Å². The lowest BCUT2D eigenvalue weighted by Gasteiger charge is -2.32. The van der Waals surface area contributed by atoms with Crippen molar-refractivity contribution in [3.8, 4) is 5.75 Å². The first-order chi connectivity index (χ1) is 11.2. The van der Waals surface area contributed by atoms with Crippen molar-refractivity contribution in [2.45, 2.75) is 25.8 Å². The van der Waals surface area contributed by atoms with E-state index >= 15 is 0 Å². The fourth-order valence-corrected chi connectivity index (χ4v) is 4.35. The highest BCUT2D eigenvalue weighted by atomic mass is 79.9. The van der Waals surface area contributed by atoms with Crippen LogP contribution in [0.25, 0.3) is 0 Å². The number of piperazine rings is 1. The van der Waals surface area contributed by atoms with Crippen molar-refractivity contribution in [1.82, 2.24) is 0 Å². The molecular weight excluding hydrogens is 352 g/mol. The molecule has 1 atom stereocenters. The van der Waals surface area contributed by atoms with Crippen LogP contribution in [0, 0.1) is 5.92 Å². The Kier molecular flexibility index (Phi) is 6.15. The van der Waals surface area contributed by atoms with Crippen LogP contribution in [-0.4, -0.2) is 39.8 Å². The molecule has 3 nitrogen and oxygen atoms in total. The first kappa shape index (κ1) is 17.0. The van der Waals surface area contributed by atoms with E-state index in [1.54, 1.807) is 12.0 Å². The van der Waals surface area contributed by atoms with Crippen LogP contribution in [0.2, 0.25) is 0 Å². The SMILES string of the molecule is COc1ccc(Br)cc1C[NH+]1CC[NH+](C[C@H]2CC=CCC2)CC1. The maximum absolute atomic E-state index is 5.52. The minimum atomic E-state index is 0.918. The second-order valence-electron chi connectivity index (χ2n) is 6.99. The Labute approximate surface area is 148 Å². The molecule has 0 amide bonds. The van der Waals surface area contributed by atoms with Crippen LogP contribution in [0.15, 0.2) is 34.8 Å². The third-order valence-corrected chi connectivity index (χ3v) is 5.80. The third-order valence-electron chi connectivity index (χ3n) is 5.30. The number of halogens is 1. The highest BCUT2D eigenvalue weighted by Gasteiger charge is 2.26. The van der Waals surface area contributed by atoms with Gasteiger partial charge in [0, 0.05) is 16.0 Å². The Morgan fingerprint density at radius 1 is 1.13 bits per heavy atom. The number of rotatable bonds is 5. The smallest absolute Gasteiger partial charge is 0.127 e. The molecule has 3 rings (SSSR count). The molecule has 1 aromatic carbocycles. The number of nitrogens with one attached hydrogen (secondary N) is 2. The molecule has 4 heteroatoms. The Hall–Kier alpha value is -0.840. The van der Waals surface area contributed by atoms with Gasteiger partial charge in [-0.3, -0.25) is 0 Å². The van der Waals surface area contributed by atoms with Gasteiger partial charge in [0.2, 0.25) is 0 Å². The van der Waals surface area contributed by atoms with Gasteiger partial charge < -0.3 is 14.5 Å². The Bertz CT molecular complexity index is 538. The molecule has 126 valence electrons. The van der Waals surface area contributed by atoms with E-state index < -0.39 is 0 Å². The van der Waals surface area contributed by atoms with Gasteiger partial charge in [0.15, 0.2) is 0 Å². The first-order valence-corrected chi connectivity index (χ1v) is 9.68. The number of quaternary nitrogens is 2. The van der Waals surface area contributed by atoms with Gasteiger partial charge in [-0.25, -0.2) is 0 Å². The quantitative estimate of drug-likeness (QED) is 0.731. The third kappa shape index (κ3) is 4.82. The average molecular weight is 381 g/mol. The summed E-state index contributed by atoms with van der Waals surface area (Å²) in [6.07, 6.45) is 8.72. The van der Waals surface area contributed by atoms with Crippen LogP contribution in [0.1, 0.15) is 24.8 Å². The van der Waals surface area contributed by atoms with Crippen LogP contribution in [0.4, 0.5) is 0 Å². The van der Waals surface area contributed by atoms with E-state index in [0.29, 0.717) is 0 Å². The van der Waals surface area contributed by atoms with Crippen molar-refractivity contribution >= 4 is 15.9 Å². The Morgan fingerprint density at radius 3 is 2.61 bits per heavy atom. The van der Waals surface area contributed by atoms with Gasteiger partial charge in [-0.2, -0.15) is 0 Å². The summed E-state index contributed by atoms with van der Waals surface area (Å²) >= 11 is 3.58. The van der Waals surface area contributed by atoms with Gasteiger partial charge in [-0.1, -0.05) is 28.1 Å². The molecule has 1 saturated heterocycles. The highest BCUT2D eigenvalue weighted by Crippen LogP contribution is 2.22. The van der Waals surface area contributed by atoms with Gasteiger partial charge in [-0.05, 0) is 37.5 Å². The largest absolute Gasteiger partial charge is 0.496 e. The van der Waals surface area contributed by atoms with Crippen LogP contribution >= 0.6 is 15.9 Å². The van der Waals surface area contributed by atoms with E-state index in [0.717, 1.165) is 22.7 Å². The molecule has 0 aromatic heterocycles. The molecule has 0 unspecified atom stereocenters. The van der Waals surface area contributed by atoms with E-state index in [-0.39, 0.29) is 0 Å². The molecule has 2 aliphatic rings. The maximum Gasteiger partial charge on any atom is 0.127 e. The maximum atomic E-state index is 5.52. The zero-order valence-electron chi connectivity index (χ0n) is 14.1. The van der Waals surface area contributed by atoms with Crippen molar-refractivity contribution in [1.29, 1.82) is 0 Å². The summed E-state index contributed by atoms with van der Waals surface area (Å²) in [5, 5.41) is 0. The second kappa shape index (κ2) is 8.32. The second-order valence-corrected chi connectivity index (χ2v) is 7.90. The number of hydrogen-bond donors (Lipinski definition) is 2. The molecule has 0 saturated carbocycles. The predicted molar refractivity (Wildman–Crippen MR) is 97.1 cm³/mol. The van der Waals surface area contributed by atoms with Gasteiger partial charge in [-0.15, -0.1) is 0 Å². The van der Waals surface area contributed by atoms with E-state index in [9.17, 15) is 0 Å². The predicted octanol–water partition coefficient (Wildman–Crippen LogP) is 1.10. The van der Waals surface area contributed by atoms with Crippen LogP contribution in [0.3, 0.4) is 0 Å². The van der Waals surface area contributed by atoms with Crippen molar-refractivity contribution in [3.05, 3.63) is 40.4 Å². The number of methoxy groups -OCH3 is 1. The zero-order chi connectivity index (χ0) is 16.1. The molecule has 0 spiro atoms. The monoisotopic (exact) mass is 380 g/mol. The summed E-state index contributed by atoms with van der Waals surface area (Å²) in [4.78, 5) is 3.50. The minimum absolute atomic E-state index is 0.918. The topological polar surface area (TPSA) is 18.1 Å². The first-order valence-electron chi connectivity index (χ1n) is 8.89. The fourth-order valence-electron chi connectivity index (χ4n) is 3.94. The van der Waals surface area contributed by atoms with Gasteiger partial charge in [0.05, 0.1) is 13.7 Å². The van der Waals surface area contributed by atoms with Crippen molar-refractivity contribution < 1.29 is 14.5 Å². The number of benzene rings is 1. The van der Waals surface area contributed by atoms with Crippen molar-refractivity contribution in [2.24, 2.45) is 5.92 Å². The summed E-state index contributed by atoms with van der Waals surface area (Å²) in [6.45, 7) is 7.61. The average Bonchev–Trinajstić information content (AvgIpc) is 2.58. The standard InChI is InChI=1S/C19H27BrN2O/c1-23-19-8-7-18(20)13-17(19)15-22-11-9-21(10-12-22)14-16-5-3-2-4-6-16/h2-3,7-8,13,16H,4-6,9-12,14-15H2,1H3/p+2/t16-/m0/s1. The summed E-state index contributed by atoms with van der Waals surface area (Å²) in [5.74, 6) is 1.94. The van der Waals surface area contributed by atoms with E-state index in [2.05, 4.69) is 46.3 Å². The molecule has 0 radical (unpaired) electrons. The molecule has 1 aromatic rings. The fraction of sp³-hybridized carbons (Fsp3) is 0.579. The molecule has 23 heavy (non-hydrogen) atoms. The number of allylic oxidation sites excluding steroid dienone is 2. The van der Waals surface area contributed by atoms with Gasteiger partial charge >= 0.3 is 0 Å². The lowest BCUT2D eigenvalue weighted by molar-refractivity contribution is -1.02. The summed E-state index contributed by atoms with van der Waals surface area (Å²) < 4.78 is 6.66.